The third-order valence-corrected chi connectivity index (χ3v) is 4.42. The van der Waals surface area contributed by atoms with Crippen molar-refractivity contribution < 1.29 is 14.3 Å². The van der Waals surface area contributed by atoms with Crippen molar-refractivity contribution in [3.8, 4) is 11.5 Å². The molecule has 0 saturated heterocycles. The second kappa shape index (κ2) is 7.38. The lowest BCUT2D eigenvalue weighted by atomic mass is 10.1. The van der Waals surface area contributed by atoms with Crippen LogP contribution in [0.3, 0.4) is 0 Å². The minimum absolute atomic E-state index is 0.0144. The van der Waals surface area contributed by atoms with Gasteiger partial charge in [0.1, 0.15) is 11.5 Å². The van der Waals surface area contributed by atoms with Gasteiger partial charge < -0.3 is 9.47 Å². The molecule has 0 heterocycles. The molecule has 0 radical (unpaired) electrons. The Hall–Kier alpha value is -1.65. The number of rotatable bonds is 6. The smallest absolute Gasteiger partial charge is 0.176 e. The molecule has 0 aliphatic heterocycles. The number of hydrogen-bond acceptors (Lipinski definition) is 4. The summed E-state index contributed by atoms with van der Waals surface area (Å²) >= 11 is 7.49. The summed E-state index contributed by atoms with van der Waals surface area (Å²) in [6.07, 6.45) is 0. The van der Waals surface area contributed by atoms with Gasteiger partial charge in [0.05, 0.1) is 30.6 Å². The monoisotopic (exact) mass is 322 g/mol. The molecule has 0 aliphatic carbocycles. The molecule has 0 unspecified atom stereocenters. The molecule has 0 fully saturated rings. The SMILES string of the molecule is COc1ccc(C(=O)CSc2ccccc2Cl)c(OC)c1. The Morgan fingerprint density at radius 3 is 2.57 bits per heavy atom. The number of methoxy groups -OCH3 is 2. The zero-order valence-corrected chi connectivity index (χ0v) is 13.3. The second-order valence-corrected chi connectivity index (χ2v) is 5.63. The number of halogens is 1. The summed E-state index contributed by atoms with van der Waals surface area (Å²) in [4.78, 5) is 13.2. The van der Waals surface area contributed by atoms with E-state index in [1.54, 1.807) is 25.3 Å². The highest BCUT2D eigenvalue weighted by Gasteiger charge is 2.14. The highest BCUT2D eigenvalue weighted by atomic mass is 35.5. The van der Waals surface area contributed by atoms with Crippen LogP contribution in [-0.4, -0.2) is 25.8 Å². The zero-order chi connectivity index (χ0) is 15.2. The van der Waals surface area contributed by atoms with Crippen molar-refractivity contribution in [3.63, 3.8) is 0 Å². The van der Waals surface area contributed by atoms with E-state index in [-0.39, 0.29) is 5.78 Å². The molecule has 2 aromatic rings. The van der Waals surface area contributed by atoms with Gasteiger partial charge in [0.25, 0.3) is 0 Å². The molecule has 5 heteroatoms. The fourth-order valence-electron chi connectivity index (χ4n) is 1.81. The average molecular weight is 323 g/mol. The molecule has 21 heavy (non-hydrogen) atoms. The molecule has 0 atom stereocenters. The lowest BCUT2D eigenvalue weighted by Crippen LogP contribution is -2.05. The Morgan fingerprint density at radius 1 is 1.14 bits per heavy atom. The Labute approximate surface area is 133 Å². The number of benzene rings is 2. The molecule has 0 saturated carbocycles. The third-order valence-electron chi connectivity index (χ3n) is 2.90. The fourth-order valence-corrected chi connectivity index (χ4v) is 2.93. The molecule has 0 spiro atoms. The molecule has 110 valence electrons. The van der Waals surface area contributed by atoms with Crippen molar-refractivity contribution in [2.75, 3.05) is 20.0 Å². The first-order valence-corrected chi connectivity index (χ1v) is 7.64. The Kier molecular flexibility index (Phi) is 5.53. The van der Waals surface area contributed by atoms with Crippen LogP contribution < -0.4 is 9.47 Å². The standard InChI is InChI=1S/C16H15ClO3S/c1-19-11-7-8-12(15(9-11)20-2)14(18)10-21-16-6-4-3-5-13(16)17/h3-9H,10H2,1-2H3. The summed E-state index contributed by atoms with van der Waals surface area (Å²) in [6, 6.07) is 12.6. The van der Waals surface area contributed by atoms with Crippen LogP contribution in [0.5, 0.6) is 11.5 Å². The van der Waals surface area contributed by atoms with E-state index < -0.39 is 0 Å². The van der Waals surface area contributed by atoms with E-state index in [0.717, 1.165) is 4.90 Å². The lowest BCUT2D eigenvalue weighted by Gasteiger charge is -2.09. The van der Waals surface area contributed by atoms with Crippen molar-refractivity contribution in [1.82, 2.24) is 0 Å². The van der Waals surface area contributed by atoms with E-state index in [1.165, 1.54) is 18.9 Å². The van der Waals surface area contributed by atoms with Gasteiger partial charge in [0.2, 0.25) is 0 Å². The summed E-state index contributed by atoms with van der Waals surface area (Å²) in [7, 11) is 3.11. The number of hydrogen-bond donors (Lipinski definition) is 0. The Balaban J connectivity index is 2.12. The number of thioether (sulfide) groups is 1. The van der Waals surface area contributed by atoms with Crippen LogP contribution in [0, 0.1) is 0 Å². The Morgan fingerprint density at radius 2 is 1.90 bits per heavy atom. The van der Waals surface area contributed by atoms with E-state index >= 15 is 0 Å². The van der Waals surface area contributed by atoms with Gasteiger partial charge >= 0.3 is 0 Å². The van der Waals surface area contributed by atoms with Gasteiger partial charge in [0.15, 0.2) is 5.78 Å². The molecule has 0 N–H and O–H groups in total. The van der Waals surface area contributed by atoms with E-state index in [1.807, 2.05) is 24.3 Å². The van der Waals surface area contributed by atoms with E-state index in [0.29, 0.717) is 27.8 Å². The molecule has 3 nitrogen and oxygen atoms in total. The number of carbonyl (C=O) groups is 1. The predicted molar refractivity (Wildman–Crippen MR) is 86.1 cm³/mol. The van der Waals surface area contributed by atoms with Gasteiger partial charge in [-0.3, -0.25) is 4.79 Å². The van der Waals surface area contributed by atoms with Crippen molar-refractivity contribution in [2.45, 2.75) is 4.90 Å². The molecule has 0 amide bonds. The maximum absolute atomic E-state index is 12.3. The van der Waals surface area contributed by atoms with Crippen LogP contribution in [0.15, 0.2) is 47.4 Å². The van der Waals surface area contributed by atoms with Crippen molar-refractivity contribution in [2.24, 2.45) is 0 Å². The first-order valence-electron chi connectivity index (χ1n) is 6.28. The van der Waals surface area contributed by atoms with Crippen LogP contribution in [0.25, 0.3) is 0 Å². The van der Waals surface area contributed by atoms with Crippen LogP contribution in [0.4, 0.5) is 0 Å². The second-order valence-electron chi connectivity index (χ2n) is 4.21. The summed E-state index contributed by atoms with van der Waals surface area (Å²) in [5.74, 6) is 1.45. The molecule has 0 bridgehead atoms. The fraction of sp³-hybridized carbons (Fsp3) is 0.188. The molecule has 0 aromatic heterocycles. The molecule has 0 aliphatic rings. The highest BCUT2D eigenvalue weighted by molar-refractivity contribution is 8.00. The van der Waals surface area contributed by atoms with E-state index in [9.17, 15) is 4.79 Å². The molecular weight excluding hydrogens is 308 g/mol. The van der Waals surface area contributed by atoms with Gasteiger partial charge in [-0.2, -0.15) is 0 Å². The first-order chi connectivity index (χ1) is 10.2. The van der Waals surface area contributed by atoms with Crippen molar-refractivity contribution >= 4 is 29.1 Å². The largest absolute Gasteiger partial charge is 0.497 e. The van der Waals surface area contributed by atoms with Crippen molar-refractivity contribution in [3.05, 3.63) is 53.1 Å². The quantitative estimate of drug-likeness (QED) is 0.585. The zero-order valence-electron chi connectivity index (χ0n) is 11.8. The van der Waals surface area contributed by atoms with Gasteiger partial charge in [-0.15, -0.1) is 11.8 Å². The third kappa shape index (κ3) is 3.93. The molecular formula is C16H15ClO3S. The summed E-state index contributed by atoms with van der Waals surface area (Å²) in [5.41, 5.74) is 0.540. The predicted octanol–water partition coefficient (Wildman–Crippen LogP) is 4.33. The highest BCUT2D eigenvalue weighted by Crippen LogP contribution is 2.30. The van der Waals surface area contributed by atoms with Gasteiger partial charge in [0, 0.05) is 11.0 Å². The summed E-state index contributed by atoms with van der Waals surface area (Å²) in [5, 5.41) is 0.650. The van der Waals surface area contributed by atoms with Gasteiger partial charge in [-0.1, -0.05) is 23.7 Å². The molecule has 2 aromatic carbocycles. The topological polar surface area (TPSA) is 35.5 Å². The van der Waals surface area contributed by atoms with E-state index in [2.05, 4.69) is 0 Å². The van der Waals surface area contributed by atoms with Gasteiger partial charge in [-0.05, 0) is 24.3 Å². The Bertz CT molecular complexity index is 643. The summed E-state index contributed by atoms with van der Waals surface area (Å²) < 4.78 is 10.4. The number of Topliss-reactive ketones (excluding diaryl/α,β-unsaturated/α-hetero) is 1. The van der Waals surface area contributed by atoms with Crippen LogP contribution in [-0.2, 0) is 0 Å². The van der Waals surface area contributed by atoms with Crippen LogP contribution >= 0.6 is 23.4 Å². The number of ether oxygens (including phenoxy) is 2. The maximum Gasteiger partial charge on any atom is 0.176 e. The number of carbonyl (C=O) groups excluding carboxylic acids is 1. The minimum atomic E-state index is -0.0144. The summed E-state index contributed by atoms with van der Waals surface area (Å²) in [6.45, 7) is 0. The van der Waals surface area contributed by atoms with Crippen LogP contribution in [0.1, 0.15) is 10.4 Å². The van der Waals surface area contributed by atoms with Crippen molar-refractivity contribution in [1.29, 1.82) is 0 Å². The first kappa shape index (κ1) is 15.7. The maximum atomic E-state index is 12.3. The average Bonchev–Trinajstić information content (AvgIpc) is 2.53. The normalized spacial score (nSPS) is 10.2. The van der Waals surface area contributed by atoms with Gasteiger partial charge in [-0.25, -0.2) is 0 Å². The van der Waals surface area contributed by atoms with E-state index in [4.69, 9.17) is 21.1 Å². The molecule has 2 rings (SSSR count). The van der Waals surface area contributed by atoms with Crippen LogP contribution in [0.2, 0.25) is 5.02 Å². The minimum Gasteiger partial charge on any atom is -0.497 e. The lowest BCUT2D eigenvalue weighted by molar-refractivity contribution is 0.101. The number of ketones is 1.